The number of aromatic amines is 1. The van der Waals surface area contributed by atoms with Crippen molar-refractivity contribution < 1.29 is 4.39 Å². The van der Waals surface area contributed by atoms with Crippen LogP contribution in [0.4, 0.5) is 4.39 Å². The second-order valence-electron chi connectivity index (χ2n) is 2.66. The van der Waals surface area contributed by atoms with Crippen molar-refractivity contribution in [1.82, 2.24) is 10.2 Å². The summed E-state index contributed by atoms with van der Waals surface area (Å²) in [5, 5.41) is 7.09. The van der Waals surface area contributed by atoms with E-state index in [0.717, 1.165) is 0 Å². The zero-order chi connectivity index (χ0) is 9.42. The molecule has 1 heterocycles. The molecule has 1 aromatic heterocycles. The van der Waals surface area contributed by atoms with Crippen LogP contribution in [0, 0.1) is 5.82 Å². The second-order valence-corrected chi connectivity index (χ2v) is 3.52. The fourth-order valence-electron chi connectivity index (χ4n) is 1.25. The van der Waals surface area contributed by atoms with Crippen molar-refractivity contribution in [2.45, 2.75) is 6.54 Å². The van der Waals surface area contributed by atoms with Crippen molar-refractivity contribution in [2.24, 2.45) is 5.73 Å². The summed E-state index contributed by atoms with van der Waals surface area (Å²) < 4.78 is 13.9. The molecule has 0 atom stereocenters. The fourth-order valence-corrected chi connectivity index (χ4v) is 1.58. The maximum Gasteiger partial charge on any atom is 0.148 e. The Morgan fingerprint density at radius 3 is 3.00 bits per heavy atom. The van der Waals surface area contributed by atoms with Crippen LogP contribution < -0.4 is 5.73 Å². The lowest BCUT2D eigenvalue weighted by atomic mass is 10.2. The first kappa shape index (κ1) is 8.65. The Morgan fingerprint density at radius 1 is 1.54 bits per heavy atom. The molecule has 3 nitrogen and oxygen atoms in total. The smallest absolute Gasteiger partial charge is 0.148 e. The van der Waals surface area contributed by atoms with Crippen molar-refractivity contribution in [3.63, 3.8) is 0 Å². The van der Waals surface area contributed by atoms with Gasteiger partial charge in [-0.15, -0.1) is 0 Å². The normalized spacial score (nSPS) is 11.0. The Labute approximate surface area is 82.2 Å². The van der Waals surface area contributed by atoms with Crippen LogP contribution in [0.3, 0.4) is 0 Å². The van der Waals surface area contributed by atoms with E-state index in [1.807, 2.05) is 0 Å². The van der Waals surface area contributed by atoms with Gasteiger partial charge in [0.15, 0.2) is 0 Å². The summed E-state index contributed by atoms with van der Waals surface area (Å²) in [5.74, 6) is -0.313. The van der Waals surface area contributed by atoms with E-state index in [4.69, 9.17) is 5.73 Å². The van der Waals surface area contributed by atoms with Gasteiger partial charge >= 0.3 is 0 Å². The first-order valence-electron chi connectivity index (χ1n) is 3.75. The van der Waals surface area contributed by atoms with Crippen molar-refractivity contribution in [3.8, 4) is 0 Å². The van der Waals surface area contributed by atoms with Crippen molar-refractivity contribution >= 4 is 26.8 Å². The quantitative estimate of drug-likeness (QED) is 0.805. The summed E-state index contributed by atoms with van der Waals surface area (Å²) in [5.41, 5.74) is 6.64. The van der Waals surface area contributed by atoms with Gasteiger partial charge in [-0.1, -0.05) is 0 Å². The topological polar surface area (TPSA) is 54.7 Å². The second kappa shape index (κ2) is 3.08. The van der Waals surface area contributed by atoms with Gasteiger partial charge < -0.3 is 5.73 Å². The summed E-state index contributed by atoms with van der Waals surface area (Å²) in [6.45, 7) is 0.254. The molecule has 0 aliphatic rings. The van der Waals surface area contributed by atoms with E-state index >= 15 is 0 Å². The third-order valence-corrected chi connectivity index (χ3v) is 2.50. The first-order valence-corrected chi connectivity index (χ1v) is 4.54. The van der Waals surface area contributed by atoms with E-state index in [9.17, 15) is 4.39 Å². The molecule has 0 radical (unpaired) electrons. The molecule has 0 aliphatic carbocycles. The average molecular weight is 244 g/mol. The predicted octanol–water partition coefficient (Wildman–Crippen LogP) is 1.92. The Balaban J connectivity index is 2.85. The number of nitrogens with two attached hydrogens (primary N) is 1. The van der Waals surface area contributed by atoms with Gasteiger partial charge in [-0.25, -0.2) is 4.39 Å². The Kier molecular flexibility index (Phi) is 2.05. The van der Waals surface area contributed by atoms with Crippen molar-refractivity contribution in [3.05, 3.63) is 28.1 Å². The predicted molar refractivity (Wildman–Crippen MR) is 51.6 cm³/mol. The number of halogens is 2. The fraction of sp³-hybridized carbons (Fsp3) is 0.125. The van der Waals surface area contributed by atoms with Gasteiger partial charge in [-0.05, 0) is 28.1 Å². The molecule has 0 aliphatic heterocycles. The molecule has 0 saturated carbocycles. The van der Waals surface area contributed by atoms with Crippen molar-refractivity contribution in [1.29, 1.82) is 0 Å². The highest BCUT2D eigenvalue weighted by Gasteiger charge is 2.11. The van der Waals surface area contributed by atoms with Gasteiger partial charge in [-0.2, -0.15) is 5.10 Å². The maximum atomic E-state index is 13.5. The first-order chi connectivity index (χ1) is 6.24. The Bertz CT molecular complexity index is 452. The third kappa shape index (κ3) is 1.24. The van der Waals surface area contributed by atoms with Crippen LogP contribution >= 0.6 is 15.9 Å². The summed E-state index contributed by atoms with van der Waals surface area (Å²) in [7, 11) is 0. The molecular weight excluding hydrogens is 237 g/mol. The monoisotopic (exact) mass is 243 g/mol. The van der Waals surface area contributed by atoms with Crippen LogP contribution in [0.15, 0.2) is 16.6 Å². The van der Waals surface area contributed by atoms with Gasteiger partial charge in [0.05, 0.1) is 21.1 Å². The molecule has 0 unspecified atom stereocenters. The van der Waals surface area contributed by atoms with E-state index in [0.29, 0.717) is 21.1 Å². The molecule has 1 aromatic carbocycles. The van der Waals surface area contributed by atoms with E-state index in [2.05, 4.69) is 26.1 Å². The molecule has 3 N–H and O–H groups in total. The summed E-state index contributed by atoms with van der Waals surface area (Å²) in [6, 6.07) is 3.36. The lowest BCUT2D eigenvalue weighted by Crippen LogP contribution is -1.97. The molecular formula is C8H7BrFN3. The van der Waals surface area contributed by atoms with Crippen LogP contribution in [-0.4, -0.2) is 10.2 Å². The summed E-state index contributed by atoms with van der Waals surface area (Å²) in [6.07, 6.45) is 0. The molecule has 0 bridgehead atoms. The number of benzene rings is 1. The number of rotatable bonds is 1. The standard InChI is InChI=1S/C8H7BrFN3/c9-4-1-2-5-7(8(4)10)6(3-11)13-12-5/h1-2H,3,11H2,(H,12,13). The molecule has 0 saturated heterocycles. The van der Waals surface area contributed by atoms with Gasteiger partial charge in [0.25, 0.3) is 0 Å². The zero-order valence-corrected chi connectivity index (χ0v) is 8.23. The number of H-pyrrole nitrogens is 1. The number of nitrogens with zero attached hydrogens (tertiary/aromatic N) is 1. The minimum absolute atomic E-state index is 0.254. The molecule has 2 rings (SSSR count). The highest BCUT2D eigenvalue weighted by Crippen LogP contribution is 2.25. The van der Waals surface area contributed by atoms with E-state index < -0.39 is 0 Å². The Morgan fingerprint density at radius 2 is 2.31 bits per heavy atom. The van der Waals surface area contributed by atoms with Crippen molar-refractivity contribution in [2.75, 3.05) is 0 Å². The minimum Gasteiger partial charge on any atom is -0.325 e. The molecule has 2 aromatic rings. The van der Waals surface area contributed by atoms with Gasteiger partial charge in [0, 0.05) is 6.54 Å². The number of hydrogen-bond acceptors (Lipinski definition) is 2. The van der Waals surface area contributed by atoms with E-state index in [1.54, 1.807) is 12.1 Å². The van der Waals surface area contributed by atoms with Crippen LogP contribution in [0.1, 0.15) is 5.69 Å². The molecule has 0 fully saturated rings. The van der Waals surface area contributed by atoms with Gasteiger partial charge in [-0.3, -0.25) is 5.10 Å². The molecule has 13 heavy (non-hydrogen) atoms. The maximum absolute atomic E-state index is 13.5. The molecule has 68 valence electrons. The molecule has 0 spiro atoms. The number of hydrogen-bond donors (Lipinski definition) is 2. The molecule has 0 amide bonds. The van der Waals surface area contributed by atoms with Gasteiger partial charge in [0.2, 0.25) is 0 Å². The third-order valence-electron chi connectivity index (χ3n) is 1.89. The lowest BCUT2D eigenvalue weighted by molar-refractivity contribution is 0.632. The van der Waals surface area contributed by atoms with Crippen LogP contribution in [-0.2, 0) is 6.54 Å². The van der Waals surface area contributed by atoms with Crippen LogP contribution in [0.25, 0.3) is 10.9 Å². The lowest BCUT2D eigenvalue weighted by Gasteiger charge is -1.96. The largest absolute Gasteiger partial charge is 0.325 e. The summed E-state index contributed by atoms with van der Waals surface area (Å²) >= 11 is 3.11. The number of nitrogens with one attached hydrogen (secondary N) is 1. The summed E-state index contributed by atoms with van der Waals surface area (Å²) in [4.78, 5) is 0. The molecule has 5 heteroatoms. The van der Waals surface area contributed by atoms with Gasteiger partial charge in [0.1, 0.15) is 5.82 Å². The van der Waals surface area contributed by atoms with E-state index in [-0.39, 0.29) is 12.4 Å². The van der Waals surface area contributed by atoms with Crippen LogP contribution in [0.2, 0.25) is 0 Å². The average Bonchev–Trinajstić information content (AvgIpc) is 2.55. The van der Waals surface area contributed by atoms with E-state index in [1.165, 1.54) is 0 Å². The highest BCUT2D eigenvalue weighted by molar-refractivity contribution is 9.10. The highest BCUT2D eigenvalue weighted by atomic mass is 79.9. The van der Waals surface area contributed by atoms with Crippen LogP contribution in [0.5, 0.6) is 0 Å². The minimum atomic E-state index is -0.313. The number of fused-ring (bicyclic) bond motifs is 1. The zero-order valence-electron chi connectivity index (χ0n) is 6.64. The Hall–Kier alpha value is -0.940. The SMILES string of the molecule is NCc1[nH]nc2ccc(Br)c(F)c12. The number of aromatic nitrogens is 2.